The summed E-state index contributed by atoms with van der Waals surface area (Å²) in [6.45, 7) is 6.63. The number of alkyl carbamates (subject to hydrolysis) is 1. The molecule has 0 aromatic heterocycles. The molecule has 1 rings (SSSR count). The van der Waals surface area contributed by atoms with Gasteiger partial charge in [-0.1, -0.05) is 0 Å². The molecule has 1 saturated heterocycles. The Hall–Kier alpha value is -0.770. The minimum Gasteiger partial charge on any atom is -0.447 e. The molecule has 0 spiro atoms. The Balaban J connectivity index is 2.11. The van der Waals surface area contributed by atoms with E-state index in [9.17, 15) is 4.79 Å². The van der Waals surface area contributed by atoms with Crippen molar-refractivity contribution in [3.63, 3.8) is 0 Å². The summed E-state index contributed by atoms with van der Waals surface area (Å²) in [5.74, 6) is 0.583. The zero-order valence-electron chi connectivity index (χ0n) is 9.25. The van der Waals surface area contributed by atoms with Gasteiger partial charge in [0, 0.05) is 13.1 Å². The number of hydrogen-bond acceptors (Lipinski definition) is 3. The summed E-state index contributed by atoms with van der Waals surface area (Å²) in [4.78, 5) is 13.4. The first-order chi connectivity index (χ1) is 6.58. The van der Waals surface area contributed by atoms with Gasteiger partial charge >= 0.3 is 6.09 Å². The predicted octanol–water partition coefficient (Wildman–Crippen LogP) is 1.07. The summed E-state index contributed by atoms with van der Waals surface area (Å²) in [7, 11) is 2.10. The van der Waals surface area contributed by atoms with Gasteiger partial charge in [-0.15, -0.1) is 0 Å². The molecular weight excluding hydrogens is 180 g/mol. The molecule has 1 amide bonds. The number of nitrogens with one attached hydrogen (secondary N) is 1. The van der Waals surface area contributed by atoms with Gasteiger partial charge in [-0.05, 0) is 39.8 Å². The first-order valence-corrected chi connectivity index (χ1v) is 5.21. The van der Waals surface area contributed by atoms with Gasteiger partial charge in [-0.25, -0.2) is 4.79 Å². The monoisotopic (exact) mass is 200 g/mol. The highest BCUT2D eigenvalue weighted by molar-refractivity contribution is 5.67. The van der Waals surface area contributed by atoms with Crippen molar-refractivity contribution in [1.82, 2.24) is 10.2 Å². The Kier molecular flexibility index (Phi) is 4.20. The number of amides is 1. The second-order valence-electron chi connectivity index (χ2n) is 4.25. The summed E-state index contributed by atoms with van der Waals surface area (Å²) in [6, 6.07) is 0. The van der Waals surface area contributed by atoms with Gasteiger partial charge in [0.05, 0.1) is 6.10 Å². The number of hydrogen-bond donors (Lipinski definition) is 1. The van der Waals surface area contributed by atoms with Crippen LogP contribution in [0.15, 0.2) is 0 Å². The lowest BCUT2D eigenvalue weighted by Crippen LogP contribution is -2.32. The van der Waals surface area contributed by atoms with Crippen molar-refractivity contribution in [2.75, 3.05) is 26.7 Å². The lowest BCUT2D eigenvalue weighted by Gasteiger charge is -2.13. The van der Waals surface area contributed by atoms with Crippen LogP contribution in [0.2, 0.25) is 0 Å². The fourth-order valence-corrected chi connectivity index (χ4v) is 1.68. The van der Waals surface area contributed by atoms with Gasteiger partial charge in [-0.3, -0.25) is 0 Å². The van der Waals surface area contributed by atoms with Gasteiger partial charge in [0.15, 0.2) is 0 Å². The molecule has 1 atom stereocenters. The van der Waals surface area contributed by atoms with Crippen molar-refractivity contribution in [2.45, 2.75) is 26.4 Å². The normalized spacial score (nSPS) is 22.7. The van der Waals surface area contributed by atoms with E-state index in [2.05, 4.69) is 17.3 Å². The predicted molar refractivity (Wildman–Crippen MR) is 55.2 cm³/mol. The average molecular weight is 200 g/mol. The second kappa shape index (κ2) is 5.20. The molecule has 0 bridgehead atoms. The minimum absolute atomic E-state index is 0.0405. The molecular formula is C10H20N2O2. The molecule has 1 fully saturated rings. The molecule has 0 radical (unpaired) electrons. The molecule has 1 heterocycles. The van der Waals surface area contributed by atoms with E-state index >= 15 is 0 Å². The first kappa shape index (κ1) is 11.3. The molecule has 0 aliphatic carbocycles. The topological polar surface area (TPSA) is 41.6 Å². The van der Waals surface area contributed by atoms with Crippen LogP contribution in [0.1, 0.15) is 20.3 Å². The minimum atomic E-state index is -0.297. The summed E-state index contributed by atoms with van der Waals surface area (Å²) < 4.78 is 4.97. The van der Waals surface area contributed by atoms with Crippen LogP contribution >= 0.6 is 0 Å². The van der Waals surface area contributed by atoms with Crippen LogP contribution in [0.25, 0.3) is 0 Å². The van der Waals surface area contributed by atoms with Crippen LogP contribution in [0.5, 0.6) is 0 Å². The van der Waals surface area contributed by atoms with Gasteiger partial charge in [0.2, 0.25) is 0 Å². The molecule has 14 heavy (non-hydrogen) atoms. The third kappa shape index (κ3) is 3.96. The number of nitrogens with zero attached hydrogens (tertiary/aromatic N) is 1. The zero-order valence-corrected chi connectivity index (χ0v) is 9.25. The molecule has 0 aromatic carbocycles. The molecule has 1 aliphatic heterocycles. The van der Waals surface area contributed by atoms with Crippen molar-refractivity contribution >= 4 is 6.09 Å². The average Bonchev–Trinajstić information content (AvgIpc) is 2.47. The van der Waals surface area contributed by atoms with E-state index in [1.54, 1.807) is 0 Å². The molecule has 82 valence electrons. The molecule has 4 nitrogen and oxygen atoms in total. The number of carbonyl (C=O) groups excluding carboxylic acids is 1. The maximum atomic E-state index is 11.1. The Labute approximate surface area is 85.6 Å². The maximum Gasteiger partial charge on any atom is 0.407 e. The standard InChI is InChI=1S/C10H20N2O2/c1-8(2)14-10(13)11-6-9-4-5-12(3)7-9/h8-9H,4-7H2,1-3H3,(H,11,13). The molecule has 1 aliphatic rings. The van der Waals surface area contributed by atoms with Crippen LogP contribution in [0.4, 0.5) is 4.79 Å². The lowest BCUT2D eigenvalue weighted by atomic mass is 10.1. The second-order valence-corrected chi connectivity index (χ2v) is 4.25. The van der Waals surface area contributed by atoms with Crippen LogP contribution < -0.4 is 5.32 Å². The SMILES string of the molecule is CC(C)OC(=O)NCC1CCN(C)C1. The number of likely N-dealkylation sites (tertiary alicyclic amines) is 1. The van der Waals surface area contributed by atoms with Crippen molar-refractivity contribution < 1.29 is 9.53 Å². The summed E-state index contributed by atoms with van der Waals surface area (Å²) >= 11 is 0. The van der Waals surface area contributed by atoms with E-state index in [0.717, 1.165) is 19.6 Å². The number of carbonyl (C=O) groups is 1. The first-order valence-electron chi connectivity index (χ1n) is 5.21. The third-order valence-corrected chi connectivity index (χ3v) is 2.37. The Morgan fingerprint density at radius 1 is 1.64 bits per heavy atom. The molecule has 0 saturated carbocycles. The smallest absolute Gasteiger partial charge is 0.407 e. The van der Waals surface area contributed by atoms with E-state index in [4.69, 9.17) is 4.74 Å². The lowest BCUT2D eigenvalue weighted by molar-refractivity contribution is 0.114. The van der Waals surface area contributed by atoms with Gasteiger partial charge in [0.1, 0.15) is 0 Å². The summed E-state index contributed by atoms with van der Waals surface area (Å²) in [6.07, 6.45) is 0.828. The highest BCUT2D eigenvalue weighted by atomic mass is 16.6. The molecule has 0 aromatic rings. The number of ether oxygens (including phenoxy) is 1. The van der Waals surface area contributed by atoms with Gasteiger partial charge in [-0.2, -0.15) is 0 Å². The van der Waals surface area contributed by atoms with Crippen molar-refractivity contribution in [3.8, 4) is 0 Å². The highest BCUT2D eigenvalue weighted by Gasteiger charge is 2.19. The Bertz CT molecular complexity index is 195. The summed E-state index contributed by atoms with van der Waals surface area (Å²) in [5.41, 5.74) is 0. The van der Waals surface area contributed by atoms with Crippen LogP contribution in [0, 0.1) is 5.92 Å². The van der Waals surface area contributed by atoms with Gasteiger partial charge in [0.25, 0.3) is 0 Å². The zero-order chi connectivity index (χ0) is 10.6. The van der Waals surface area contributed by atoms with Crippen LogP contribution in [-0.2, 0) is 4.74 Å². The van der Waals surface area contributed by atoms with E-state index in [0.29, 0.717) is 5.92 Å². The largest absolute Gasteiger partial charge is 0.447 e. The van der Waals surface area contributed by atoms with Crippen molar-refractivity contribution in [3.05, 3.63) is 0 Å². The fourth-order valence-electron chi connectivity index (χ4n) is 1.68. The number of rotatable bonds is 3. The molecule has 4 heteroatoms. The quantitative estimate of drug-likeness (QED) is 0.741. The Morgan fingerprint density at radius 2 is 2.36 bits per heavy atom. The third-order valence-electron chi connectivity index (χ3n) is 2.37. The summed E-state index contributed by atoms with van der Waals surface area (Å²) in [5, 5.41) is 2.79. The van der Waals surface area contributed by atoms with E-state index in [1.807, 2.05) is 13.8 Å². The van der Waals surface area contributed by atoms with Crippen LogP contribution in [0.3, 0.4) is 0 Å². The van der Waals surface area contributed by atoms with E-state index in [-0.39, 0.29) is 12.2 Å². The van der Waals surface area contributed by atoms with E-state index in [1.165, 1.54) is 6.42 Å². The highest BCUT2D eigenvalue weighted by Crippen LogP contribution is 2.12. The fraction of sp³-hybridized carbons (Fsp3) is 0.900. The Morgan fingerprint density at radius 3 is 2.86 bits per heavy atom. The van der Waals surface area contributed by atoms with Crippen molar-refractivity contribution in [2.24, 2.45) is 5.92 Å². The van der Waals surface area contributed by atoms with Gasteiger partial charge < -0.3 is 15.0 Å². The molecule has 1 N–H and O–H groups in total. The maximum absolute atomic E-state index is 11.1. The molecule has 1 unspecified atom stereocenters. The van der Waals surface area contributed by atoms with E-state index < -0.39 is 0 Å². The van der Waals surface area contributed by atoms with Crippen LogP contribution in [-0.4, -0.2) is 43.8 Å². The van der Waals surface area contributed by atoms with Crippen molar-refractivity contribution in [1.29, 1.82) is 0 Å².